The quantitative estimate of drug-likeness (QED) is 0.609. The molecule has 20 heavy (non-hydrogen) atoms. The van der Waals surface area contributed by atoms with Gasteiger partial charge in [0.2, 0.25) is 0 Å². The summed E-state index contributed by atoms with van der Waals surface area (Å²) < 4.78 is 0. The Labute approximate surface area is 118 Å². The number of likely N-dealkylation sites (N-methyl/N-ethyl adjacent to an activating group) is 1. The lowest BCUT2D eigenvalue weighted by Crippen LogP contribution is -3.27. The number of carbonyl (C=O) groups is 2. The number of benzene rings is 1. The number of hydrogen-bond acceptors (Lipinski definition) is 2. The van der Waals surface area contributed by atoms with Gasteiger partial charge >= 0.3 is 0 Å². The molecule has 0 unspecified atom stereocenters. The Bertz CT molecular complexity index is 501. The van der Waals surface area contributed by atoms with Gasteiger partial charge < -0.3 is 9.80 Å². The van der Waals surface area contributed by atoms with Crippen LogP contribution in [0.1, 0.15) is 20.7 Å². The minimum absolute atomic E-state index is 0.134. The predicted octanol–water partition coefficient (Wildman–Crippen LogP) is -2.30. The monoisotopic (exact) mass is 275 g/mol. The molecule has 2 amide bonds. The molecule has 0 saturated carbocycles. The molecule has 1 aromatic rings. The maximum absolute atomic E-state index is 12.2. The van der Waals surface area contributed by atoms with Crippen LogP contribution >= 0.6 is 0 Å². The Kier molecular flexibility index (Phi) is 3.54. The minimum Gasteiger partial charge on any atom is -0.328 e. The zero-order chi connectivity index (χ0) is 14.1. The number of nitrogens with zero attached hydrogens (tertiary/aromatic N) is 1. The molecule has 2 heterocycles. The third-order valence-corrected chi connectivity index (χ3v) is 4.38. The van der Waals surface area contributed by atoms with Crippen molar-refractivity contribution < 1.29 is 19.4 Å². The summed E-state index contributed by atoms with van der Waals surface area (Å²) in [6.45, 7) is 5.96. The maximum atomic E-state index is 12.2. The fraction of sp³-hybridized carbons (Fsp3) is 0.467. The van der Waals surface area contributed by atoms with Crippen LogP contribution in [-0.4, -0.2) is 63.0 Å². The van der Waals surface area contributed by atoms with E-state index in [1.54, 1.807) is 17.0 Å². The fourth-order valence-electron chi connectivity index (χ4n) is 2.99. The largest absolute Gasteiger partial charge is 0.328 e. The smallest absolute Gasteiger partial charge is 0.261 e. The molecule has 2 aliphatic rings. The third-order valence-electron chi connectivity index (χ3n) is 4.38. The Morgan fingerprint density at radius 3 is 2.10 bits per heavy atom. The molecule has 2 N–H and O–H groups in total. The number of imide groups is 1. The first-order chi connectivity index (χ1) is 9.66. The summed E-state index contributed by atoms with van der Waals surface area (Å²) in [7, 11) is 2.21. The second-order valence-corrected chi connectivity index (χ2v) is 5.76. The number of piperazine rings is 1. The number of rotatable bonds is 3. The van der Waals surface area contributed by atoms with E-state index in [0.717, 1.165) is 32.7 Å². The van der Waals surface area contributed by atoms with Gasteiger partial charge in [0.25, 0.3) is 11.8 Å². The average Bonchev–Trinajstić information content (AvgIpc) is 2.71. The Morgan fingerprint density at radius 2 is 1.55 bits per heavy atom. The zero-order valence-electron chi connectivity index (χ0n) is 11.8. The first kappa shape index (κ1) is 13.3. The van der Waals surface area contributed by atoms with Crippen LogP contribution in [-0.2, 0) is 0 Å². The molecule has 0 bridgehead atoms. The summed E-state index contributed by atoms with van der Waals surface area (Å²) in [5.41, 5.74) is 1.10. The lowest BCUT2D eigenvalue weighted by atomic mass is 10.1. The van der Waals surface area contributed by atoms with Crippen molar-refractivity contribution in [1.29, 1.82) is 0 Å². The Balaban J connectivity index is 1.62. The molecule has 0 atom stereocenters. The number of quaternary nitrogens is 2. The Morgan fingerprint density at radius 1 is 1.00 bits per heavy atom. The molecular weight excluding hydrogens is 254 g/mol. The van der Waals surface area contributed by atoms with Crippen molar-refractivity contribution in [2.75, 3.05) is 46.3 Å². The van der Waals surface area contributed by atoms with Gasteiger partial charge in [-0.25, -0.2) is 0 Å². The van der Waals surface area contributed by atoms with Crippen LogP contribution in [0.3, 0.4) is 0 Å². The first-order valence-corrected chi connectivity index (χ1v) is 7.27. The summed E-state index contributed by atoms with van der Waals surface area (Å²) in [4.78, 5) is 28.9. The Hall–Kier alpha value is -1.72. The topological polar surface area (TPSA) is 46.3 Å². The number of carbonyl (C=O) groups excluding carboxylic acids is 2. The van der Waals surface area contributed by atoms with Crippen molar-refractivity contribution in [3.8, 4) is 0 Å². The lowest BCUT2D eigenvalue weighted by Gasteiger charge is -2.28. The molecule has 106 valence electrons. The summed E-state index contributed by atoms with van der Waals surface area (Å²) >= 11 is 0. The molecule has 5 heteroatoms. The van der Waals surface area contributed by atoms with Crippen molar-refractivity contribution >= 4 is 11.8 Å². The van der Waals surface area contributed by atoms with Gasteiger partial charge in [-0.3, -0.25) is 14.5 Å². The van der Waals surface area contributed by atoms with E-state index in [0.29, 0.717) is 17.7 Å². The maximum Gasteiger partial charge on any atom is 0.261 e. The predicted molar refractivity (Wildman–Crippen MR) is 74.0 cm³/mol. The van der Waals surface area contributed by atoms with Gasteiger partial charge in [-0.05, 0) is 12.1 Å². The molecule has 1 saturated heterocycles. The molecule has 2 aliphatic heterocycles. The van der Waals surface area contributed by atoms with E-state index in [1.165, 1.54) is 9.80 Å². The van der Waals surface area contributed by atoms with Crippen LogP contribution in [0.4, 0.5) is 0 Å². The normalized spacial score (nSPS) is 25.9. The summed E-state index contributed by atoms with van der Waals surface area (Å²) in [5, 5.41) is 0. The molecule has 0 radical (unpaired) electrons. The molecular formula is C15H21N3O2+2. The van der Waals surface area contributed by atoms with Crippen LogP contribution in [0.25, 0.3) is 0 Å². The number of fused-ring (bicyclic) bond motifs is 1. The molecule has 1 fully saturated rings. The van der Waals surface area contributed by atoms with Crippen LogP contribution in [0.5, 0.6) is 0 Å². The second kappa shape index (κ2) is 5.34. The van der Waals surface area contributed by atoms with Crippen LogP contribution in [0.15, 0.2) is 24.3 Å². The molecule has 3 rings (SSSR count). The minimum atomic E-state index is -0.134. The van der Waals surface area contributed by atoms with E-state index >= 15 is 0 Å². The molecule has 0 aliphatic carbocycles. The average molecular weight is 275 g/mol. The van der Waals surface area contributed by atoms with E-state index < -0.39 is 0 Å². The van der Waals surface area contributed by atoms with Gasteiger partial charge in [-0.1, -0.05) is 12.1 Å². The number of hydrogen-bond donors (Lipinski definition) is 2. The van der Waals surface area contributed by atoms with Crippen LogP contribution in [0, 0.1) is 0 Å². The zero-order valence-corrected chi connectivity index (χ0v) is 11.8. The summed E-state index contributed by atoms with van der Waals surface area (Å²) in [6, 6.07) is 7.09. The lowest BCUT2D eigenvalue weighted by molar-refractivity contribution is -1.00. The summed E-state index contributed by atoms with van der Waals surface area (Å²) in [5.74, 6) is -0.269. The summed E-state index contributed by atoms with van der Waals surface area (Å²) in [6.07, 6.45) is 0. The van der Waals surface area contributed by atoms with Gasteiger partial charge in [0.1, 0.15) is 26.2 Å². The van der Waals surface area contributed by atoms with Gasteiger partial charge in [0.15, 0.2) is 0 Å². The van der Waals surface area contributed by atoms with Crippen LogP contribution in [0.2, 0.25) is 0 Å². The van der Waals surface area contributed by atoms with E-state index in [1.807, 2.05) is 12.1 Å². The number of amides is 2. The standard InChI is InChI=1S/C15H19N3O2/c1-16-6-8-17(9-7-16)10-11-18-14(19)12-4-2-3-5-13(12)15(18)20/h2-5H,6-11H2,1H3/p+2. The highest BCUT2D eigenvalue weighted by Crippen LogP contribution is 2.21. The van der Waals surface area contributed by atoms with Gasteiger partial charge in [0, 0.05) is 0 Å². The van der Waals surface area contributed by atoms with E-state index in [-0.39, 0.29) is 11.8 Å². The van der Waals surface area contributed by atoms with Crippen molar-refractivity contribution in [2.24, 2.45) is 0 Å². The fourth-order valence-corrected chi connectivity index (χ4v) is 2.99. The van der Waals surface area contributed by atoms with Gasteiger partial charge in [-0.15, -0.1) is 0 Å². The van der Waals surface area contributed by atoms with Gasteiger partial charge in [-0.2, -0.15) is 0 Å². The van der Waals surface area contributed by atoms with Crippen molar-refractivity contribution in [3.63, 3.8) is 0 Å². The van der Waals surface area contributed by atoms with Crippen molar-refractivity contribution in [1.82, 2.24) is 4.90 Å². The van der Waals surface area contributed by atoms with E-state index in [2.05, 4.69) is 7.05 Å². The van der Waals surface area contributed by atoms with E-state index in [9.17, 15) is 9.59 Å². The highest BCUT2D eigenvalue weighted by Gasteiger charge is 2.35. The highest BCUT2D eigenvalue weighted by atomic mass is 16.2. The molecule has 5 nitrogen and oxygen atoms in total. The first-order valence-electron chi connectivity index (χ1n) is 7.27. The van der Waals surface area contributed by atoms with Gasteiger partial charge in [0.05, 0.1) is 31.3 Å². The van der Waals surface area contributed by atoms with E-state index in [4.69, 9.17) is 0 Å². The number of nitrogens with one attached hydrogen (secondary N) is 2. The SMILES string of the molecule is C[NH+]1CC[NH+](CCN2C(=O)c3ccccc3C2=O)CC1. The second-order valence-electron chi connectivity index (χ2n) is 5.76. The highest BCUT2D eigenvalue weighted by molar-refractivity contribution is 6.21. The van der Waals surface area contributed by atoms with Crippen LogP contribution < -0.4 is 9.80 Å². The molecule has 0 spiro atoms. The van der Waals surface area contributed by atoms with Crippen molar-refractivity contribution in [3.05, 3.63) is 35.4 Å². The molecule has 0 aromatic heterocycles. The van der Waals surface area contributed by atoms with Crippen molar-refractivity contribution in [2.45, 2.75) is 0 Å². The third kappa shape index (κ3) is 2.34. The molecule has 1 aromatic carbocycles.